The molecule has 2 aromatic carbocycles. The average molecular weight is 331 g/mol. The number of carbonyl (C=O) groups excluding carboxylic acids is 1. The minimum atomic E-state index is -0.710. The molecule has 1 aromatic heterocycles. The third-order valence-electron chi connectivity index (χ3n) is 3.20. The van der Waals surface area contributed by atoms with Crippen molar-refractivity contribution < 1.29 is 4.79 Å². The van der Waals surface area contributed by atoms with Crippen LogP contribution in [0.5, 0.6) is 0 Å². The van der Waals surface area contributed by atoms with E-state index in [9.17, 15) is 4.79 Å². The molecule has 118 valence electrons. The first kappa shape index (κ1) is 16.6. The summed E-state index contributed by atoms with van der Waals surface area (Å²) in [5.41, 5.74) is 8.18. The molecule has 0 aliphatic carbocycles. The van der Waals surface area contributed by atoms with Crippen LogP contribution in [0.25, 0.3) is 11.4 Å². The summed E-state index contributed by atoms with van der Waals surface area (Å²) in [5, 5.41) is 16.5. The summed E-state index contributed by atoms with van der Waals surface area (Å²) in [6, 6.07) is 15.6. The van der Waals surface area contributed by atoms with Crippen molar-refractivity contribution in [1.82, 2.24) is 20.6 Å². The van der Waals surface area contributed by atoms with Crippen molar-refractivity contribution >= 4 is 24.0 Å². The molecule has 0 saturated carbocycles. The van der Waals surface area contributed by atoms with Crippen LogP contribution in [0.3, 0.4) is 0 Å². The minimum absolute atomic E-state index is 0. The molecule has 0 unspecified atom stereocenters. The lowest BCUT2D eigenvalue weighted by molar-refractivity contribution is -0.117. The predicted octanol–water partition coefficient (Wildman–Crippen LogP) is 1.93. The quantitative estimate of drug-likeness (QED) is 0.677. The number of halogens is 1. The summed E-state index contributed by atoms with van der Waals surface area (Å²) in [6.45, 7) is 0. The van der Waals surface area contributed by atoms with Crippen LogP contribution in [0.15, 0.2) is 54.6 Å². The number of anilines is 1. The van der Waals surface area contributed by atoms with Gasteiger partial charge < -0.3 is 11.1 Å². The lowest BCUT2D eigenvalue weighted by atomic mass is 10.1. The predicted molar refractivity (Wildman–Crippen MR) is 88.9 cm³/mol. The normalized spacial score (nSPS) is 11.3. The highest BCUT2D eigenvalue weighted by atomic mass is 35.5. The number of hydrogen-bond donors (Lipinski definition) is 3. The number of nitrogens with one attached hydrogen (secondary N) is 2. The van der Waals surface area contributed by atoms with Crippen LogP contribution in [0.1, 0.15) is 11.6 Å². The lowest BCUT2D eigenvalue weighted by Gasteiger charge is -2.12. The van der Waals surface area contributed by atoms with Gasteiger partial charge in [0.1, 0.15) is 6.04 Å². The molecular formula is C15H15ClN6O. The summed E-state index contributed by atoms with van der Waals surface area (Å²) >= 11 is 0. The van der Waals surface area contributed by atoms with Crippen molar-refractivity contribution in [2.75, 3.05) is 5.32 Å². The van der Waals surface area contributed by atoms with E-state index in [1.54, 1.807) is 24.3 Å². The second-order valence-electron chi connectivity index (χ2n) is 4.69. The van der Waals surface area contributed by atoms with Crippen molar-refractivity contribution in [2.24, 2.45) is 5.73 Å². The lowest BCUT2D eigenvalue weighted by Crippen LogP contribution is -2.27. The van der Waals surface area contributed by atoms with Gasteiger partial charge in [0.2, 0.25) is 11.7 Å². The summed E-state index contributed by atoms with van der Waals surface area (Å²) in [7, 11) is 0. The molecular weight excluding hydrogens is 316 g/mol. The Kier molecular flexibility index (Phi) is 5.40. The number of amides is 1. The van der Waals surface area contributed by atoms with E-state index >= 15 is 0 Å². The van der Waals surface area contributed by atoms with Gasteiger partial charge in [-0.15, -0.1) is 22.6 Å². The molecule has 1 atom stereocenters. The Labute approximate surface area is 138 Å². The highest BCUT2D eigenvalue weighted by molar-refractivity contribution is 5.95. The number of benzene rings is 2. The smallest absolute Gasteiger partial charge is 0.245 e. The Balaban J connectivity index is 0.00000192. The molecule has 1 amide bonds. The first-order valence-corrected chi connectivity index (χ1v) is 6.69. The number of aromatic amines is 1. The second kappa shape index (κ2) is 7.48. The molecule has 0 saturated heterocycles. The van der Waals surface area contributed by atoms with E-state index in [-0.39, 0.29) is 18.3 Å². The molecule has 0 aliphatic heterocycles. The number of nitrogens with zero attached hydrogens (tertiary/aromatic N) is 3. The maximum absolute atomic E-state index is 12.2. The highest BCUT2D eigenvalue weighted by Gasteiger charge is 2.15. The van der Waals surface area contributed by atoms with Gasteiger partial charge in [-0.1, -0.05) is 30.3 Å². The molecule has 0 fully saturated rings. The molecule has 23 heavy (non-hydrogen) atoms. The van der Waals surface area contributed by atoms with Gasteiger partial charge in [-0.05, 0) is 35.0 Å². The zero-order valence-corrected chi connectivity index (χ0v) is 12.8. The van der Waals surface area contributed by atoms with E-state index in [1.165, 1.54) is 0 Å². The van der Waals surface area contributed by atoms with E-state index in [1.807, 2.05) is 30.3 Å². The van der Waals surface area contributed by atoms with Crippen LogP contribution in [-0.4, -0.2) is 26.5 Å². The summed E-state index contributed by atoms with van der Waals surface area (Å²) in [4.78, 5) is 12.2. The van der Waals surface area contributed by atoms with Crippen LogP contribution < -0.4 is 11.1 Å². The van der Waals surface area contributed by atoms with Crippen LogP contribution in [0, 0.1) is 0 Å². The molecule has 0 radical (unpaired) electrons. The highest BCUT2D eigenvalue weighted by Crippen LogP contribution is 2.18. The van der Waals surface area contributed by atoms with Crippen LogP contribution in [0.4, 0.5) is 5.69 Å². The molecule has 0 spiro atoms. The van der Waals surface area contributed by atoms with Crippen molar-refractivity contribution in [3.8, 4) is 11.4 Å². The van der Waals surface area contributed by atoms with Crippen molar-refractivity contribution in [3.63, 3.8) is 0 Å². The largest absolute Gasteiger partial charge is 0.324 e. The number of aromatic nitrogens is 4. The van der Waals surface area contributed by atoms with Gasteiger partial charge in [-0.25, -0.2) is 0 Å². The molecule has 3 aromatic rings. The minimum Gasteiger partial charge on any atom is -0.324 e. The molecule has 1 heterocycles. The van der Waals surface area contributed by atoms with Gasteiger partial charge in [-0.3, -0.25) is 4.79 Å². The summed E-state index contributed by atoms with van der Waals surface area (Å²) in [5.74, 6) is 0.234. The molecule has 0 bridgehead atoms. The van der Waals surface area contributed by atoms with E-state index in [2.05, 4.69) is 25.9 Å². The monoisotopic (exact) mass is 330 g/mol. The maximum Gasteiger partial charge on any atom is 0.245 e. The summed E-state index contributed by atoms with van der Waals surface area (Å²) in [6.07, 6.45) is 0. The molecule has 4 N–H and O–H groups in total. The molecule has 7 nitrogen and oxygen atoms in total. The van der Waals surface area contributed by atoms with Crippen LogP contribution in [-0.2, 0) is 4.79 Å². The van der Waals surface area contributed by atoms with Gasteiger partial charge >= 0.3 is 0 Å². The second-order valence-corrected chi connectivity index (χ2v) is 4.69. The molecule has 8 heteroatoms. The van der Waals surface area contributed by atoms with E-state index in [4.69, 9.17) is 5.73 Å². The Morgan fingerprint density at radius 3 is 2.39 bits per heavy atom. The van der Waals surface area contributed by atoms with Crippen molar-refractivity contribution in [1.29, 1.82) is 0 Å². The number of nitrogens with two attached hydrogens (primary N) is 1. The summed E-state index contributed by atoms with van der Waals surface area (Å²) < 4.78 is 0. The average Bonchev–Trinajstić information content (AvgIpc) is 3.10. The Bertz CT molecular complexity index is 745. The molecule has 0 aliphatic rings. The van der Waals surface area contributed by atoms with Gasteiger partial charge in [0.25, 0.3) is 0 Å². The number of H-pyrrole nitrogens is 1. The van der Waals surface area contributed by atoms with Gasteiger partial charge in [-0.2, -0.15) is 5.21 Å². The SMILES string of the molecule is Cl.N[C@H](C(=O)Nc1ccc(-c2nn[nH]n2)cc1)c1ccccc1. The zero-order valence-electron chi connectivity index (χ0n) is 12.0. The van der Waals surface area contributed by atoms with E-state index in [0.717, 1.165) is 11.1 Å². The number of tetrazole rings is 1. The first-order chi connectivity index (χ1) is 10.7. The van der Waals surface area contributed by atoms with E-state index < -0.39 is 6.04 Å². The van der Waals surface area contributed by atoms with Gasteiger partial charge in [0.05, 0.1) is 0 Å². The van der Waals surface area contributed by atoms with Gasteiger partial charge in [0, 0.05) is 11.3 Å². The standard InChI is InChI=1S/C15H14N6O.ClH/c16-13(10-4-2-1-3-5-10)15(22)17-12-8-6-11(7-9-12)14-18-20-21-19-14;/h1-9,13H,16H2,(H,17,22)(H,18,19,20,21);1H/t13-;/m0./s1. The Morgan fingerprint density at radius 1 is 1.09 bits per heavy atom. The topological polar surface area (TPSA) is 110 Å². The van der Waals surface area contributed by atoms with Crippen molar-refractivity contribution in [2.45, 2.75) is 6.04 Å². The van der Waals surface area contributed by atoms with E-state index in [0.29, 0.717) is 11.5 Å². The number of rotatable bonds is 4. The van der Waals surface area contributed by atoms with Crippen LogP contribution in [0.2, 0.25) is 0 Å². The third-order valence-corrected chi connectivity index (χ3v) is 3.20. The first-order valence-electron chi connectivity index (χ1n) is 6.69. The van der Waals surface area contributed by atoms with Gasteiger partial charge in [0.15, 0.2) is 0 Å². The molecule has 3 rings (SSSR count). The third kappa shape index (κ3) is 3.91. The fourth-order valence-corrected chi connectivity index (χ4v) is 2.02. The number of carbonyl (C=O) groups is 1. The Morgan fingerprint density at radius 2 is 1.78 bits per heavy atom. The van der Waals surface area contributed by atoms with Crippen molar-refractivity contribution in [3.05, 3.63) is 60.2 Å². The Hall–Kier alpha value is -2.77. The fourth-order valence-electron chi connectivity index (χ4n) is 2.02. The fraction of sp³-hybridized carbons (Fsp3) is 0.0667. The maximum atomic E-state index is 12.2. The number of hydrogen-bond acceptors (Lipinski definition) is 5. The van der Waals surface area contributed by atoms with Crippen LogP contribution >= 0.6 is 12.4 Å². The zero-order chi connectivity index (χ0) is 15.4.